The van der Waals surface area contributed by atoms with Gasteiger partial charge in [-0.15, -0.1) is 0 Å². The van der Waals surface area contributed by atoms with Crippen LogP contribution in [0.4, 0.5) is 0 Å². The van der Waals surface area contributed by atoms with E-state index in [-0.39, 0.29) is 6.04 Å². The summed E-state index contributed by atoms with van der Waals surface area (Å²) in [6.07, 6.45) is 5.29. The van der Waals surface area contributed by atoms with E-state index in [1.165, 1.54) is 12.8 Å². The van der Waals surface area contributed by atoms with Crippen LogP contribution in [0.5, 0.6) is 0 Å². The molecule has 27 heavy (non-hydrogen) atoms. The van der Waals surface area contributed by atoms with Gasteiger partial charge in [0, 0.05) is 12.1 Å². The Kier molecular flexibility index (Phi) is 5.26. The molecule has 3 aromatic rings. The SMILES string of the molecule is Cc1noc(-c2cn[nH]c2[C@@H]2CCCCN2Cc2ccc(Cl)c(Cl)c2)c1C. The number of halogens is 2. The third-order valence-corrected chi connectivity index (χ3v) is 6.13. The molecule has 1 N–H and O–H groups in total. The first-order valence-electron chi connectivity index (χ1n) is 9.19. The second kappa shape index (κ2) is 7.66. The van der Waals surface area contributed by atoms with Gasteiger partial charge in [-0.2, -0.15) is 5.10 Å². The minimum atomic E-state index is 0.246. The molecule has 142 valence electrons. The molecule has 0 amide bonds. The quantitative estimate of drug-likeness (QED) is 0.604. The van der Waals surface area contributed by atoms with Gasteiger partial charge in [-0.25, -0.2) is 0 Å². The van der Waals surface area contributed by atoms with E-state index >= 15 is 0 Å². The lowest BCUT2D eigenvalue weighted by Gasteiger charge is -2.35. The number of aromatic amines is 1. The van der Waals surface area contributed by atoms with Gasteiger partial charge in [-0.3, -0.25) is 10.00 Å². The van der Waals surface area contributed by atoms with Crippen LogP contribution in [0.2, 0.25) is 10.0 Å². The lowest BCUT2D eigenvalue weighted by atomic mass is 9.95. The summed E-state index contributed by atoms with van der Waals surface area (Å²) in [5.41, 5.74) is 5.22. The van der Waals surface area contributed by atoms with Crippen LogP contribution < -0.4 is 0 Å². The number of likely N-dealkylation sites (tertiary alicyclic amines) is 1. The van der Waals surface area contributed by atoms with Crippen LogP contribution in [-0.4, -0.2) is 26.8 Å². The monoisotopic (exact) mass is 404 g/mol. The normalized spacial score (nSPS) is 18.1. The van der Waals surface area contributed by atoms with Gasteiger partial charge < -0.3 is 4.52 Å². The van der Waals surface area contributed by atoms with E-state index < -0.39 is 0 Å². The number of hydrogen-bond donors (Lipinski definition) is 1. The van der Waals surface area contributed by atoms with Gasteiger partial charge in [0.05, 0.1) is 39.2 Å². The third-order valence-electron chi connectivity index (χ3n) is 5.39. The van der Waals surface area contributed by atoms with E-state index in [9.17, 15) is 0 Å². The second-order valence-electron chi connectivity index (χ2n) is 7.15. The van der Waals surface area contributed by atoms with Crippen molar-refractivity contribution in [2.45, 2.75) is 45.7 Å². The Morgan fingerprint density at radius 3 is 2.81 bits per heavy atom. The molecule has 0 radical (unpaired) electrons. The van der Waals surface area contributed by atoms with Crippen molar-refractivity contribution in [3.05, 3.63) is 57.0 Å². The summed E-state index contributed by atoms with van der Waals surface area (Å²) in [7, 11) is 0. The maximum atomic E-state index is 6.21. The fourth-order valence-corrected chi connectivity index (χ4v) is 4.10. The number of piperidine rings is 1. The summed E-state index contributed by atoms with van der Waals surface area (Å²) in [6.45, 7) is 5.83. The lowest BCUT2D eigenvalue weighted by Crippen LogP contribution is -2.33. The molecule has 0 spiro atoms. The number of nitrogens with one attached hydrogen (secondary N) is 1. The Balaban J connectivity index is 1.64. The molecule has 4 rings (SSSR count). The minimum Gasteiger partial charge on any atom is -0.356 e. The summed E-state index contributed by atoms with van der Waals surface area (Å²) >= 11 is 12.3. The number of aromatic nitrogens is 3. The van der Waals surface area contributed by atoms with E-state index in [0.29, 0.717) is 10.0 Å². The van der Waals surface area contributed by atoms with Crippen molar-refractivity contribution in [2.75, 3.05) is 6.54 Å². The first-order chi connectivity index (χ1) is 13.0. The maximum absolute atomic E-state index is 6.21. The predicted molar refractivity (Wildman–Crippen MR) is 107 cm³/mol. The van der Waals surface area contributed by atoms with Crippen LogP contribution >= 0.6 is 23.2 Å². The summed E-state index contributed by atoms with van der Waals surface area (Å²) < 4.78 is 5.59. The standard InChI is InChI=1S/C20H22Cl2N4O/c1-12-13(2)25-27-20(12)15-10-23-24-19(15)18-5-3-4-8-26(18)11-14-6-7-16(21)17(22)9-14/h6-7,9-10,18H,3-5,8,11H2,1-2H3,(H,23,24)/t18-/m0/s1. The van der Waals surface area contributed by atoms with Gasteiger partial charge in [0.25, 0.3) is 0 Å². The fourth-order valence-electron chi connectivity index (χ4n) is 3.78. The van der Waals surface area contributed by atoms with Crippen molar-refractivity contribution in [1.29, 1.82) is 0 Å². The number of aryl methyl sites for hydroxylation is 1. The van der Waals surface area contributed by atoms with E-state index in [4.69, 9.17) is 27.7 Å². The molecule has 1 aliphatic rings. The average Bonchev–Trinajstić information content (AvgIpc) is 3.26. The Bertz CT molecular complexity index is 949. The van der Waals surface area contributed by atoms with Crippen LogP contribution in [-0.2, 0) is 6.54 Å². The van der Waals surface area contributed by atoms with Crippen LogP contribution in [0, 0.1) is 13.8 Å². The van der Waals surface area contributed by atoms with Gasteiger partial charge in [0.1, 0.15) is 0 Å². The van der Waals surface area contributed by atoms with E-state index in [2.05, 4.69) is 20.3 Å². The third kappa shape index (κ3) is 3.64. The smallest absolute Gasteiger partial charge is 0.173 e. The molecule has 5 nitrogen and oxygen atoms in total. The molecule has 1 fully saturated rings. The van der Waals surface area contributed by atoms with Crippen molar-refractivity contribution < 1.29 is 4.52 Å². The fraction of sp³-hybridized carbons (Fsp3) is 0.400. The molecule has 0 unspecified atom stereocenters. The molecule has 1 aliphatic heterocycles. The molecule has 0 bridgehead atoms. The first-order valence-corrected chi connectivity index (χ1v) is 9.94. The molecule has 0 saturated carbocycles. The van der Waals surface area contributed by atoms with E-state index in [1.807, 2.05) is 38.2 Å². The molecule has 0 aliphatic carbocycles. The van der Waals surface area contributed by atoms with Gasteiger partial charge in [0.2, 0.25) is 0 Å². The Morgan fingerprint density at radius 2 is 2.07 bits per heavy atom. The zero-order valence-corrected chi connectivity index (χ0v) is 16.9. The molecule has 2 aromatic heterocycles. The zero-order valence-electron chi connectivity index (χ0n) is 15.4. The highest BCUT2D eigenvalue weighted by atomic mass is 35.5. The van der Waals surface area contributed by atoms with Crippen LogP contribution in [0.25, 0.3) is 11.3 Å². The number of nitrogens with zero attached hydrogens (tertiary/aromatic N) is 3. The molecule has 1 atom stereocenters. The highest BCUT2D eigenvalue weighted by Crippen LogP contribution is 2.38. The molecule has 1 saturated heterocycles. The highest BCUT2D eigenvalue weighted by Gasteiger charge is 2.29. The van der Waals surface area contributed by atoms with E-state index in [0.717, 1.165) is 53.3 Å². The Labute approximate surface area is 168 Å². The van der Waals surface area contributed by atoms with Gasteiger partial charge in [-0.05, 0) is 50.9 Å². The maximum Gasteiger partial charge on any atom is 0.173 e. The molecule has 1 aromatic carbocycles. The number of benzene rings is 1. The Morgan fingerprint density at radius 1 is 1.22 bits per heavy atom. The Hall–Kier alpha value is -1.82. The minimum absolute atomic E-state index is 0.246. The lowest BCUT2D eigenvalue weighted by molar-refractivity contribution is 0.137. The van der Waals surface area contributed by atoms with Gasteiger partial charge in [0.15, 0.2) is 5.76 Å². The average molecular weight is 405 g/mol. The summed E-state index contributed by atoms with van der Waals surface area (Å²) in [5, 5.41) is 12.8. The van der Waals surface area contributed by atoms with Crippen molar-refractivity contribution in [3.8, 4) is 11.3 Å². The van der Waals surface area contributed by atoms with Gasteiger partial charge in [-0.1, -0.05) is 40.8 Å². The van der Waals surface area contributed by atoms with Crippen molar-refractivity contribution in [2.24, 2.45) is 0 Å². The van der Waals surface area contributed by atoms with Crippen molar-refractivity contribution >= 4 is 23.2 Å². The van der Waals surface area contributed by atoms with Crippen LogP contribution in [0.1, 0.15) is 47.8 Å². The number of H-pyrrole nitrogens is 1. The van der Waals surface area contributed by atoms with Crippen molar-refractivity contribution in [3.63, 3.8) is 0 Å². The second-order valence-corrected chi connectivity index (χ2v) is 7.96. The predicted octanol–water partition coefficient (Wildman–Crippen LogP) is 5.72. The van der Waals surface area contributed by atoms with Crippen molar-refractivity contribution in [1.82, 2.24) is 20.3 Å². The summed E-state index contributed by atoms with van der Waals surface area (Å²) in [6, 6.07) is 6.10. The number of rotatable bonds is 4. The molecular formula is C20H22Cl2N4O. The molecular weight excluding hydrogens is 383 g/mol. The molecule has 7 heteroatoms. The largest absolute Gasteiger partial charge is 0.356 e. The molecule has 3 heterocycles. The first kappa shape index (κ1) is 18.5. The summed E-state index contributed by atoms with van der Waals surface area (Å²) in [4.78, 5) is 2.47. The van der Waals surface area contributed by atoms with Crippen LogP contribution in [0.3, 0.4) is 0 Å². The van der Waals surface area contributed by atoms with Gasteiger partial charge >= 0.3 is 0 Å². The topological polar surface area (TPSA) is 58.0 Å². The van der Waals surface area contributed by atoms with E-state index in [1.54, 1.807) is 0 Å². The highest BCUT2D eigenvalue weighted by molar-refractivity contribution is 6.42. The summed E-state index contributed by atoms with van der Waals surface area (Å²) in [5.74, 6) is 0.802. The van der Waals surface area contributed by atoms with Crippen LogP contribution in [0.15, 0.2) is 28.9 Å². The number of hydrogen-bond acceptors (Lipinski definition) is 4. The zero-order chi connectivity index (χ0) is 19.0.